The first-order valence-corrected chi connectivity index (χ1v) is 6.38. The van der Waals surface area contributed by atoms with Crippen LogP contribution in [0.2, 0.25) is 0 Å². The van der Waals surface area contributed by atoms with Crippen LogP contribution < -0.4 is 5.32 Å². The zero-order valence-corrected chi connectivity index (χ0v) is 11.0. The Kier molecular flexibility index (Phi) is 4.31. The summed E-state index contributed by atoms with van der Waals surface area (Å²) in [6.07, 6.45) is 7.52. The summed E-state index contributed by atoms with van der Waals surface area (Å²) in [7, 11) is 0. The summed E-state index contributed by atoms with van der Waals surface area (Å²) in [5.41, 5.74) is 0. The van der Waals surface area contributed by atoms with Gasteiger partial charge in [-0.3, -0.25) is 0 Å². The molecule has 0 atom stereocenters. The van der Waals surface area contributed by atoms with Gasteiger partial charge < -0.3 is 19.7 Å². The van der Waals surface area contributed by atoms with E-state index in [1.807, 2.05) is 0 Å². The van der Waals surface area contributed by atoms with Crippen LogP contribution in [0.25, 0.3) is 0 Å². The zero-order chi connectivity index (χ0) is 14.5. The van der Waals surface area contributed by atoms with Gasteiger partial charge in [0.2, 0.25) is 5.76 Å². The van der Waals surface area contributed by atoms with E-state index in [1.165, 1.54) is 12.1 Å². The molecule has 0 unspecified atom stereocenters. The van der Waals surface area contributed by atoms with E-state index in [4.69, 9.17) is 15.9 Å². The van der Waals surface area contributed by atoms with Crippen molar-refractivity contribution in [2.24, 2.45) is 5.92 Å². The smallest absolute Gasteiger partial charge is 0.371 e. The predicted octanol–water partition coefficient (Wildman–Crippen LogP) is 1.53. The fraction of sp³-hybridized carbons (Fsp3) is 0.429. The van der Waals surface area contributed by atoms with Crippen molar-refractivity contribution in [1.29, 1.82) is 0 Å². The number of carbonyl (C=O) groups is 2. The maximum Gasteiger partial charge on any atom is 0.371 e. The number of carboxylic acid groups (broad SMARTS) is 1. The number of nitrogens with one attached hydrogen (secondary N) is 1. The SMILES string of the molecule is C#CCN(CC1CC1)C(=O)NCc1ccc(C(=O)O)o1. The number of rotatable bonds is 6. The van der Waals surface area contributed by atoms with Gasteiger partial charge in [-0.2, -0.15) is 0 Å². The second kappa shape index (κ2) is 6.15. The topological polar surface area (TPSA) is 82.8 Å². The quantitative estimate of drug-likeness (QED) is 0.772. The minimum Gasteiger partial charge on any atom is -0.475 e. The van der Waals surface area contributed by atoms with Gasteiger partial charge in [0.25, 0.3) is 0 Å². The maximum atomic E-state index is 12.0. The van der Waals surface area contributed by atoms with Crippen LogP contribution in [0.4, 0.5) is 4.79 Å². The van der Waals surface area contributed by atoms with E-state index in [0.29, 0.717) is 18.2 Å². The summed E-state index contributed by atoms with van der Waals surface area (Å²) in [5, 5.41) is 11.4. The molecule has 1 fully saturated rings. The van der Waals surface area contributed by atoms with Gasteiger partial charge in [-0.25, -0.2) is 9.59 Å². The molecule has 0 spiro atoms. The highest BCUT2D eigenvalue weighted by Gasteiger charge is 2.26. The molecule has 1 aliphatic carbocycles. The zero-order valence-electron chi connectivity index (χ0n) is 11.0. The van der Waals surface area contributed by atoms with Crippen LogP contribution in [0, 0.1) is 18.3 Å². The van der Waals surface area contributed by atoms with Gasteiger partial charge in [-0.1, -0.05) is 5.92 Å². The van der Waals surface area contributed by atoms with Crippen LogP contribution in [0.3, 0.4) is 0 Å². The highest BCUT2D eigenvalue weighted by Crippen LogP contribution is 2.29. The molecule has 0 aliphatic heterocycles. The summed E-state index contributed by atoms with van der Waals surface area (Å²) in [4.78, 5) is 24.2. The molecule has 0 bridgehead atoms. The molecule has 6 nitrogen and oxygen atoms in total. The lowest BCUT2D eigenvalue weighted by Gasteiger charge is -2.20. The molecular formula is C14H16N2O4. The lowest BCUT2D eigenvalue weighted by atomic mass is 10.3. The van der Waals surface area contributed by atoms with E-state index in [0.717, 1.165) is 12.8 Å². The highest BCUT2D eigenvalue weighted by atomic mass is 16.4. The first-order valence-electron chi connectivity index (χ1n) is 6.38. The Bertz CT molecular complexity index is 540. The summed E-state index contributed by atoms with van der Waals surface area (Å²) in [6.45, 7) is 1.06. The molecule has 106 valence electrons. The summed E-state index contributed by atoms with van der Waals surface area (Å²) >= 11 is 0. The Morgan fingerprint density at radius 3 is 2.80 bits per heavy atom. The number of carbonyl (C=O) groups excluding carboxylic acids is 1. The van der Waals surface area contributed by atoms with Crippen molar-refractivity contribution < 1.29 is 19.1 Å². The van der Waals surface area contributed by atoms with Crippen molar-refractivity contribution in [3.63, 3.8) is 0 Å². The Morgan fingerprint density at radius 1 is 1.50 bits per heavy atom. The van der Waals surface area contributed by atoms with Crippen LogP contribution in [-0.2, 0) is 6.54 Å². The second-order valence-electron chi connectivity index (χ2n) is 4.76. The number of carboxylic acids is 1. The van der Waals surface area contributed by atoms with E-state index in [2.05, 4.69) is 11.2 Å². The number of furan rings is 1. The van der Waals surface area contributed by atoms with Gasteiger partial charge in [0, 0.05) is 6.54 Å². The third-order valence-corrected chi connectivity index (χ3v) is 3.03. The lowest BCUT2D eigenvalue weighted by molar-refractivity contribution is 0.0660. The average molecular weight is 276 g/mol. The summed E-state index contributed by atoms with van der Waals surface area (Å²) < 4.78 is 5.06. The van der Waals surface area contributed by atoms with Crippen LogP contribution >= 0.6 is 0 Å². The summed E-state index contributed by atoms with van der Waals surface area (Å²) in [6, 6.07) is 2.62. The Hall–Kier alpha value is -2.42. The number of urea groups is 1. The van der Waals surface area contributed by atoms with Crippen LogP contribution in [0.5, 0.6) is 0 Å². The molecule has 1 saturated carbocycles. The standard InChI is InChI=1S/C14H16N2O4/c1-2-7-16(9-10-3-4-10)14(19)15-8-11-5-6-12(20-11)13(17)18/h1,5-6,10H,3-4,7-9H2,(H,15,19)(H,17,18). The van der Waals surface area contributed by atoms with E-state index in [1.54, 1.807) is 4.90 Å². The minimum absolute atomic E-state index is 0.137. The molecule has 20 heavy (non-hydrogen) atoms. The number of aromatic carboxylic acids is 1. The molecule has 6 heteroatoms. The van der Waals surface area contributed by atoms with Crippen molar-refractivity contribution >= 4 is 12.0 Å². The van der Waals surface area contributed by atoms with Crippen molar-refractivity contribution in [1.82, 2.24) is 10.2 Å². The molecule has 0 aromatic carbocycles. The largest absolute Gasteiger partial charge is 0.475 e. The summed E-state index contributed by atoms with van der Waals surface area (Å²) in [5.74, 6) is 2.13. The monoisotopic (exact) mass is 276 g/mol. The molecule has 0 radical (unpaired) electrons. The average Bonchev–Trinajstić information content (AvgIpc) is 3.10. The number of terminal acetylenes is 1. The fourth-order valence-corrected chi connectivity index (χ4v) is 1.80. The molecule has 2 amide bonds. The van der Waals surface area contributed by atoms with Gasteiger partial charge in [-0.15, -0.1) is 6.42 Å². The van der Waals surface area contributed by atoms with Gasteiger partial charge in [0.1, 0.15) is 5.76 Å². The first-order chi connectivity index (χ1) is 9.60. The molecule has 1 aromatic rings. The number of hydrogen-bond acceptors (Lipinski definition) is 3. The third-order valence-electron chi connectivity index (χ3n) is 3.03. The van der Waals surface area contributed by atoms with Gasteiger partial charge in [0.05, 0.1) is 13.1 Å². The Labute approximate surface area is 116 Å². The van der Waals surface area contributed by atoms with Crippen molar-refractivity contribution in [2.45, 2.75) is 19.4 Å². The molecular weight excluding hydrogens is 260 g/mol. The molecule has 2 rings (SSSR count). The molecule has 2 N–H and O–H groups in total. The van der Waals surface area contributed by atoms with E-state index in [-0.39, 0.29) is 24.9 Å². The second-order valence-corrected chi connectivity index (χ2v) is 4.76. The van der Waals surface area contributed by atoms with Gasteiger partial charge in [0.15, 0.2) is 0 Å². The van der Waals surface area contributed by atoms with Gasteiger partial charge in [-0.05, 0) is 30.9 Å². The maximum absolute atomic E-state index is 12.0. The van der Waals surface area contributed by atoms with E-state index < -0.39 is 5.97 Å². The van der Waals surface area contributed by atoms with Crippen molar-refractivity contribution in [3.05, 3.63) is 23.7 Å². The number of nitrogens with zero attached hydrogens (tertiary/aromatic N) is 1. The third kappa shape index (κ3) is 3.79. The highest BCUT2D eigenvalue weighted by molar-refractivity contribution is 5.84. The molecule has 0 saturated heterocycles. The van der Waals surface area contributed by atoms with Crippen molar-refractivity contribution in [3.8, 4) is 12.3 Å². The molecule has 1 aliphatic rings. The predicted molar refractivity (Wildman–Crippen MR) is 71.0 cm³/mol. The first kappa shape index (κ1) is 14.0. The molecule has 1 aromatic heterocycles. The van der Waals surface area contributed by atoms with Crippen LogP contribution in [-0.4, -0.2) is 35.1 Å². The Morgan fingerprint density at radius 2 is 2.25 bits per heavy atom. The van der Waals surface area contributed by atoms with Gasteiger partial charge >= 0.3 is 12.0 Å². The number of hydrogen-bond donors (Lipinski definition) is 2. The van der Waals surface area contributed by atoms with Crippen molar-refractivity contribution in [2.75, 3.05) is 13.1 Å². The lowest BCUT2D eigenvalue weighted by Crippen LogP contribution is -2.41. The minimum atomic E-state index is -1.13. The fourth-order valence-electron chi connectivity index (χ4n) is 1.80. The number of amides is 2. The van der Waals surface area contributed by atoms with E-state index >= 15 is 0 Å². The van der Waals surface area contributed by atoms with Crippen LogP contribution in [0.15, 0.2) is 16.5 Å². The van der Waals surface area contributed by atoms with E-state index in [9.17, 15) is 9.59 Å². The normalized spacial score (nSPS) is 13.6. The Balaban J connectivity index is 1.85. The molecule has 1 heterocycles. The van der Waals surface area contributed by atoms with Crippen LogP contribution in [0.1, 0.15) is 29.2 Å².